The first kappa shape index (κ1) is 11.1. The zero-order chi connectivity index (χ0) is 6.85. The maximum atomic E-state index is 10.7. The first-order valence-corrected chi connectivity index (χ1v) is 3.21. The largest absolute Gasteiger partial charge is 1.00 e. The van der Waals surface area contributed by atoms with E-state index in [9.17, 15) is 5.11 Å². The van der Waals surface area contributed by atoms with Gasteiger partial charge in [0.15, 0.2) is 0 Å². The van der Waals surface area contributed by atoms with Crippen LogP contribution in [0.4, 0.5) is 5.69 Å². The summed E-state index contributed by atoms with van der Waals surface area (Å²) in [5.41, 5.74) is 5.96. The molecule has 0 heterocycles. The maximum Gasteiger partial charge on any atom is 1.00 e. The summed E-state index contributed by atoms with van der Waals surface area (Å²) in [4.78, 5) is 0. The van der Waals surface area contributed by atoms with Crippen molar-refractivity contribution in [2.75, 3.05) is 5.73 Å². The molecule has 0 aliphatic heterocycles. The number of nitrogens with two attached hydrogens (primary N) is 1. The van der Waals surface area contributed by atoms with Gasteiger partial charge in [-0.1, -0.05) is 27.7 Å². The molecule has 0 aliphatic rings. The van der Waals surface area contributed by atoms with Crippen molar-refractivity contribution < 1.29 is 63.3 Å². The van der Waals surface area contributed by atoms with Crippen LogP contribution in [0.3, 0.4) is 0 Å². The second kappa shape index (κ2) is 4.88. The maximum absolute atomic E-state index is 10.7. The predicted molar refractivity (Wildman–Crippen MR) is 38.0 cm³/mol. The Balaban J connectivity index is 0.000000810. The molecule has 2 nitrogen and oxygen atoms in total. The molecular formula is C6H5BrNORb. The van der Waals surface area contributed by atoms with Crippen molar-refractivity contribution >= 4 is 21.6 Å². The molecule has 10 heavy (non-hydrogen) atoms. The van der Waals surface area contributed by atoms with E-state index in [-0.39, 0.29) is 63.9 Å². The Morgan fingerprint density at radius 1 is 1.40 bits per heavy atom. The summed E-state index contributed by atoms with van der Waals surface area (Å²) in [7, 11) is 0. The molecule has 0 saturated carbocycles. The molecule has 0 unspecified atom stereocenters. The Morgan fingerprint density at radius 3 is 2.40 bits per heavy atom. The van der Waals surface area contributed by atoms with E-state index in [0.29, 0.717) is 10.2 Å². The molecule has 1 aromatic carbocycles. The Hall–Kier alpha value is 1.11. The fourth-order valence-electron chi connectivity index (χ4n) is 0.517. The van der Waals surface area contributed by atoms with Crippen LogP contribution in [0.5, 0.6) is 5.75 Å². The number of rotatable bonds is 0. The third kappa shape index (κ3) is 3.01. The Morgan fingerprint density at radius 2 is 2.00 bits per heavy atom. The van der Waals surface area contributed by atoms with Crippen LogP contribution >= 0.6 is 15.9 Å². The number of benzene rings is 1. The van der Waals surface area contributed by atoms with Gasteiger partial charge in [-0.25, -0.2) is 0 Å². The van der Waals surface area contributed by atoms with Crippen LogP contribution in [0.2, 0.25) is 0 Å². The molecule has 0 fully saturated rings. The van der Waals surface area contributed by atoms with E-state index in [4.69, 9.17) is 5.73 Å². The molecule has 0 spiro atoms. The predicted octanol–water partition coefficient (Wildman–Crippen LogP) is -1.89. The standard InChI is InChI=1S/C6H6BrNO.Rb/c7-5-3-4(8)1-2-6(5)9;/h1-3,9H,8H2;/q;+1/p-1. The molecule has 0 radical (unpaired) electrons. The summed E-state index contributed by atoms with van der Waals surface area (Å²) < 4.78 is 0.516. The van der Waals surface area contributed by atoms with Crippen LogP contribution in [0.25, 0.3) is 0 Å². The quantitative estimate of drug-likeness (QED) is 0.562. The van der Waals surface area contributed by atoms with Gasteiger partial charge in [0.05, 0.1) is 0 Å². The van der Waals surface area contributed by atoms with Crippen LogP contribution < -0.4 is 69.0 Å². The van der Waals surface area contributed by atoms with Crippen LogP contribution in [-0.2, 0) is 0 Å². The van der Waals surface area contributed by atoms with Crippen LogP contribution in [-0.4, -0.2) is 0 Å². The minimum Gasteiger partial charge on any atom is -0.872 e. The summed E-state index contributed by atoms with van der Waals surface area (Å²) in [5, 5.41) is 10.7. The van der Waals surface area contributed by atoms with E-state index >= 15 is 0 Å². The monoisotopic (exact) mass is 271 g/mol. The van der Waals surface area contributed by atoms with Gasteiger partial charge in [-0.05, 0) is 12.1 Å². The number of halogens is 1. The minimum atomic E-state index is -0.0378. The number of nitrogen functional groups attached to an aromatic ring is 1. The van der Waals surface area contributed by atoms with E-state index in [0.717, 1.165) is 0 Å². The summed E-state index contributed by atoms with van der Waals surface area (Å²) in [6.45, 7) is 0. The molecule has 0 saturated heterocycles. The molecular weight excluding hydrogens is 267 g/mol. The Labute approximate surface area is 117 Å². The average Bonchev–Trinajstić information content (AvgIpc) is 1.80. The molecule has 0 amide bonds. The molecule has 4 heteroatoms. The number of hydrogen-bond donors (Lipinski definition) is 1. The molecule has 1 rings (SSSR count). The van der Waals surface area contributed by atoms with Crippen molar-refractivity contribution in [2.45, 2.75) is 0 Å². The smallest absolute Gasteiger partial charge is 0.872 e. The number of anilines is 1. The van der Waals surface area contributed by atoms with Crippen molar-refractivity contribution in [3.8, 4) is 5.75 Å². The fourth-order valence-corrected chi connectivity index (χ4v) is 0.914. The normalized spacial score (nSPS) is 8.50. The van der Waals surface area contributed by atoms with E-state index in [2.05, 4.69) is 15.9 Å². The fraction of sp³-hybridized carbons (Fsp3) is 0. The van der Waals surface area contributed by atoms with Crippen LogP contribution in [0, 0.1) is 0 Å². The van der Waals surface area contributed by atoms with Gasteiger partial charge in [-0.2, -0.15) is 0 Å². The Bertz CT molecular complexity index is 229. The van der Waals surface area contributed by atoms with E-state index in [1.165, 1.54) is 6.07 Å². The summed E-state index contributed by atoms with van der Waals surface area (Å²) in [6.07, 6.45) is 0. The topological polar surface area (TPSA) is 49.1 Å². The van der Waals surface area contributed by atoms with Gasteiger partial charge in [0.1, 0.15) is 0 Å². The molecule has 0 bridgehead atoms. The van der Waals surface area contributed by atoms with E-state index < -0.39 is 0 Å². The second-order valence-electron chi connectivity index (χ2n) is 1.69. The van der Waals surface area contributed by atoms with Crippen molar-refractivity contribution in [3.63, 3.8) is 0 Å². The first-order chi connectivity index (χ1) is 4.20. The second-order valence-corrected chi connectivity index (χ2v) is 2.54. The van der Waals surface area contributed by atoms with Crippen molar-refractivity contribution in [3.05, 3.63) is 22.7 Å². The molecule has 48 valence electrons. The van der Waals surface area contributed by atoms with E-state index in [1.807, 2.05) is 0 Å². The third-order valence-electron chi connectivity index (χ3n) is 0.956. The summed E-state index contributed by atoms with van der Waals surface area (Å²) in [5.74, 6) is -0.0378. The summed E-state index contributed by atoms with van der Waals surface area (Å²) in [6, 6.07) is 4.59. The van der Waals surface area contributed by atoms with Gasteiger partial charge in [0.2, 0.25) is 0 Å². The van der Waals surface area contributed by atoms with Crippen molar-refractivity contribution in [1.82, 2.24) is 0 Å². The van der Waals surface area contributed by atoms with Gasteiger partial charge < -0.3 is 10.8 Å². The van der Waals surface area contributed by atoms with Gasteiger partial charge >= 0.3 is 58.2 Å². The minimum absolute atomic E-state index is 0. The third-order valence-corrected chi connectivity index (χ3v) is 1.58. The molecule has 0 aromatic heterocycles. The number of hydrogen-bond acceptors (Lipinski definition) is 2. The molecule has 0 atom stereocenters. The van der Waals surface area contributed by atoms with Crippen molar-refractivity contribution in [1.29, 1.82) is 0 Å². The van der Waals surface area contributed by atoms with Gasteiger partial charge in [-0.15, -0.1) is 0 Å². The van der Waals surface area contributed by atoms with Gasteiger partial charge in [0, 0.05) is 10.2 Å². The van der Waals surface area contributed by atoms with Gasteiger partial charge in [-0.3, -0.25) is 0 Å². The average molecular weight is 272 g/mol. The molecule has 1 aromatic rings. The molecule has 0 aliphatic carbocycles. The van der Waals surface area contributed by atoms with Gasteiger partial charge in [0.25, 0.3) is 0 Å². The molecule has 2 N–H and O–H groups in total. The Kier molecular flexibility index (Phi) is 5.42. The summed E-state index contributed by atoms with van der Waals surface area (Å²) >= 11 is 3.05. The zero-order valence-electron chi connectivity index (χ0n) is 5.60. The van der Waals surface area contributed by atoms with Crippen LogP contribution in [0.1, 0.15) is 0 Å². The van der Waals surface area contributed by atoms with E-state index in [1.54, 1.807) is 12.1 Å². The van der Waals surface area contributed by atoms with Crippen LogP contribution in [0.15, 0.2) is 22.7 Å². The zero-order valence-corrected chi connectivity index (χ0v) is 12.1. The SMILES string of the molecule is Nc1ccc([O-])c(Br)c1.[Rb+]. The van der Waals surface area contributed by atoms with Crippen molar-refractivity contribution in [2.24, 2.45) is 0 Å². The first-order valence-electron chi connectivity index (χ1n) is 2.42.